The summed E-state index contributed by atoms with van der Waals surface area (Å²) in [5.41, 5.74) is -0.796. The van der Waals surface area contributed by atoms with Crippen LogP contribution in [-0.2, 0) is 16.2 Å². The molecule has 0 amide bonds. The molecule has 1 saturated carbocycles. The second kappa shape index (κ2) is 6.58. The standard InChI is InChI=1S/C14H14F3NO3S/c15-14(16,17)11-4-3-5-12(10-11)21-9-2-1-8-18-22(19,20)13-6-7-13/h3-5,10,13,18H,6-9H2. The van der Waals surface area contributed by atoms with Gasteiger partial charge in [-0.1, -0.05) is 17.9 Å². The normalized spacial score (nSPS) is 15.0. The van der Waals surface area contributed by atoms with Crippen molar-refractivity contribution < 1.29 is 26.3 Å². The predicted octanol–water partition coefficient (Wildman–Crippen LogP) is 2.17. The van der Waals surface area contributed by atoms with E-state index in [4.69, 9.17) is 4.74 Å². The smallest absolute Gasteiger partial charge is 0.416 e. The Morgan fingerprint density at radius 3 is 2.64 bits per heavy atom. The van der Waals surface area contributed by atoms with Crippen molar-refractivity contribution in [1.29, 1.82) is 0 Å². The minimum atomic E-state index is -4.42. The Kier molecular flexibility index (Phi) is 4.98. The first kappa shape index (κ1) is 16.6. The van der Waals surface area contributed by atoms with E-state index in [2.05, 4.69) is 16.6 Å². The summed E-state index contributed by atoms with van der Waals surface area (Å²) in [7, 11) is -3.27. The first-order valence-electron chi connectivity index (χ1n) is 6.53. The lowest BCUT2D eigenvalue weighted by molar-refractivity contribution is -0.137. The molecule has 1 fully saturated rings. The van der Waals surface area contributed by atoms with Crippen LogP contribution in [0.1, 0.15) is 18.4 Å². The molecule has 0 bridgehead atoms. The topological polar surface area (TPSA) is 55.4 Å². The zero-order valence-corrected chi connectivity index (χ0v) is 12.3. The molecule has 2 rings (SSSR count). The van der Waals surface area contributed by atoms with E-state index in [0.717, 1.165) is 12.1 Å². The van der Waals surface area contributed by atoms with Gasteiger partial charge < -0.3 is 4.74 Å². The van der Waals surface area contributed by atoms with Crippen molar-refractivity contribution in [2.24, 2.45) is 0 Å². The number of benzene rings is 1. The van der Waals surface area contributed by atoms with Crippen LogP contribution in [0.15, 0.2) is 24.3 Å². The van der Waals surface area contributed by atoms with Crippen LogP contribution in [0.4, 0.5) is 13.2 Å². The van der Waals surface area contributed by atoms with Crippen molar-refractivity contribution in [3.63, 3.8) is 0 Å². The monoisotopic (exact) mass is 333 g/mol. The Hall–Kier alpha value is -1.72. The maximum Gasteiger partial charge on any atom is 0.416 e. The van der Waals surface area contributed by atoms with Crippen LogP contribution < -0.4 is 9.46 Å². The lowest BCUT2D eigenvalue weighted by atomic mass is 10.2. The molecule has 0 spiro atoms. The van der Waals surface area contributed by atoms with Crippen molar-refractivity contribution in [3.8, 4) is 17.6 Å². The third-order valence-electron chi connectivity index (χ3n) is 2.92. The fourth-order valence-electron chi connectivity index (χ4n) is 1.63. The van der Waals surface area contributed by atoms with Crippen LogP contribution in [0, 0.1) is 11.8 Å². The molecule has 4 nitrogen and oxygen atoms in total. The van der Waals surface area contributed by atoms with Gasteiger partial charge in [0.15, 0.2) is 0 Å². The van der Waals surface area contributed by atoms with Crippen LogP contribution in [0.25, 0.3) is 0 Å². The molecule has 0 radical (unpaired) electrons. The summed E-state index contributed by atoms with van der Waals surface area (Å²) in [5, 5.41) is -0.310. The minimum absolute atomic E-state index is 0.0369. The van der Waals surface area contributed by atoms with Gasteiger partial charge in [-0.15, -0.1) is 0 Å². The lowest BCUT2D eigenvalue weighted by Gasteiger charge is -2.08. The Bertz CT molecular complexity index is 685. The molecule has 0 saturated heterocycles. The molecule has 0 atom stereocenters. The largest absolute Gasteiger partial charge is 0.481 e. The van der Waals surface area contributed by atoms with Crippen LogP contribution in [-0.4, -0.2) is 26.8 Å². The van der Waals surface area contributed by atoms with E-state index in [0.29, 0.717) is 12.8 Å². The number of nitrogens with one attached hydrogen (secondary N) is 1. The van der Waals surface area contributed by atoms with Crippen molar-refractivity contribution in [2.75, 3.05) is 13.2 Å². The lowest BCUT2D eigenvalue weighted by Crippen LogP contribution is -2.27. The maximum absolute atomic E-state index is 12.5. The van der Waals surface area contributed by atoms with Gasteiger partial charge in [0.25, 0.3) is 0 Å². The van der Waals surface area contributed by atoms with E-state index < -0.39 is 21.8 Å². The fourth-order valence-corrected chi connectivity index (χ4v) is 2.89. The Labute approximate surface area is 126 Å². The second-order valence-electron chi connectivity index (χ2n) is 4.73. The van der Waals surface area contributed by atoms with Gasteiger partial charge in [0.2, 0.25) is 10.0 Å². The number of hydrogen-bond acceptors (Lipinski definition) is 3. The summed E-state index contributed by atoms with van der Waals surface area (Å²) in [6, 6.07) is 4.48. The number of alkyl halides is 3. The first-order chi connectivity index (χ1) is 10.3. The molecule has 1 aliphatic rings. The number of ether oxygens (including phenoxy) is 1. The molecule has 0 aliphatic heterocycles. The number of sulfonamides is 1. The van der Waals surface area contributed by atoms with E-state index in [1.54, 1.807) is 0 Å². The average Bonchev–Trinajstić information content (AvgIpc) is 3.27. The van der Waals surface area contributed by atoms with E-state index in [-0.39, 0.29) is 24.2 Å². The van der Waals surface area contributed by atoms with Gasteiger partial charge in [-0.3, -0.25) is 0 Å². The van der Waals surface area contributed by atoms with Crippen LogP contribution in [0.5, 0.6) is 5.75 Å². The summed E-state index contributed by atoms with van der Waals surface area (Å²) in [4.78, 5) is 0. The van der Waals surface area contributed by atoms with E-state index in [1.165, 1.54) is 12.1 Å². The summed E-state index contributed by atoms with van der Waals surface area (Å²) < 4.78 is 67.8. The zero-order chi connectivity index (χ0) is 16.2. The molecule has 1 aromatic rings. The van der Waals surface area contributed by atoms with Gasteiger partial charge in [0.1, 0.15) is 12.4 Å². The quantitative estimate of drug-likeness (QED) is 0.840. The molecule has 1 aromatic carbocycles. The third kappa shape index (κ3) is 4.93. The minimum Gasteiger partial charge on any atom is -0.481 e. The van der Waals surface area contributed by atoms with E-state index in [9.17, 15) is 21.6 Å². The van der Waals surface area contributed by atoms with Crippen molar-refractivity contribution in [2.45, 2.75) is 24.3 Å². The van der Waals surface area contributed by atoms with Crippen molar-refractivity contribution in [1.82, 2.24) is 4.72 Å². The molecular weight excluding hydrogens is 319 g/mol. The highest BCUT2D eigenvalue weighted by atomic mass is 32.2. The second-order valence-corrected chi connectivity index (χ2v) is 6.78. The molecule has 1 N–H and O–H groups in total. The van der Waals surface area contributed by atoms with Gasteiger partial charge in [-0.05, 0) is 31.0 Å². The van der Waals surface area contributed by atoms with E-state index in [1.807, 2.05) is 0 Å². The van der Waals surface area contributed by atoms with Gasteiger partial charge >= 0.3 is 6.18 Å². The first-order valence-corrected chi connectivity index (χ1v) is 8.08. The molecule has 0 aromatic heterocycles. The molecule has 1 aliphatic carbocycles. The maximum atomic E-state index is 12.5. The number of hydrogen-bond donors (Lipinski definition) is 1. The van der Waals surface area contributed by atoms with Gasteiger partial charge in [0.05, 0.1) is 17.4 Å². The van der Waals surface area contributed by atoms with E-state index >= 15 is 0 Å². The Morgan fingerprint density at radius 2 is 2.00 bits per heavy atom. The highest BCUT2D eigenvalue weighted by Gasteiger charge is 2.35. The molecule has 8 heteroatoms. The summed E-state index contributed by atoms with van der Waals surface area (Å²) >= 11 is 0. The van der Waals surface area contributed by atoms with Gasteiger partial charge in [-0.25, -0.2) is 13.1 Å². The number of halogens is 3. The van der Waals surface area contributed by atoms with Gasteiger partial charge in [0, 0.05) is 0 Å². The molecule has 0 heterocycles. The highest BCUT2D eigenvalue weighted by Crippen LogP contribution is 2.31. The SMILES string of the molecule is O=S(=O)(NCC#CCOc1cccc(C(F)(F)F)c1)C1CC1. The summed E-state index contributed by atoms with van der Waals surface area (Å²) in [6.07, 6.45) is -3.09. The number of rotatable bonds is 5. The molecular formula is C14H14F3NO3S. The van der Waals surface area contributed by atoms with Crippen LogP contribution in [0.2, 0.25) is 0 Å². The predicted molar refractivity (Wildman–Crippen MR) is 74.7 cm³/mol. The zero-order valence-electron chi connectivity index (χ0n) is 11.5. The fraction of sp³-hybridized carbons (Fsp3) is 0.429. The molecule has 0 unspecified atom stereocenters. The Morgan fingerprint density at radius 1 is 1.27 bits per heavy atom. The molecule has 120 valence electrons. The average molecular weight is 333 g/mol. The highest BCUT2D eigenvalue weighted by molar-refractivity contribution is 7.90. The summed E-state index contributed by atoms with van der Waals surface area (Å²) in [5.74, 6) is 5.15. The van der Waals surface area contributed by atoms with Crippen LogP contribution >= 0.6 is 0 Å². The third-order valence-corrected chi connectivity index (χ3v) is 4.82. The van der Waals surface area contributed by atoms with Crippen LogP contribution in [0.3, 0.4) is 0 Å². The van der Waals surface area contributed by atoms with Crippen molar-refractivity contribution in [3.05, 3.63) is 29.8 Å². The van der Waals surface area contributed by atoms with Gasteiger partial charge in [-0.2, -0.15) is 13.2 Å². The summed E-state index contributed by atoms with van der Waals surface area (Å²) in [6.45, 7) is -0.156. The Balaban J connectivity index is 1.78. The molecule has 22 heavy (non-hydrogen) atoms. The van der Waals surface area contributed by atoms with Crippen molar-refractivity contribution >= 4 is 10.0 Å².